The van der Waals surface area contributed by atoms with Crippen LogP contribution in [0.4, 0.5) is 0 Å². The molecule has 0 aliphatic carbocycles. The number of esters is 1. The highest BCUT2D eigenvalue weighted by atomic mass is 16.5. The lowest BCUT2D eigenvalue weighted by atomic mass is 10.1. The van der Waals surface area contributed by atoms with E-state index in [1.54, 1.807) is 0 Å². The normalized spacial score (nSPS) is 9.00. The molecule has 80 valence electrons. The molecule has 0 bridgehead atoms. The molecule has 2 nitrogen and oxygen atoms in total. The van der Waals surface area contributed by atoms with Gasteiger partial charge in [-0.2, -0.15) is 0 Å². The molecule has 2 heteroatoms. The lowest BCUT2D eigenvalue weighted by Gasteiger charge is -1.94. The average Bonchev–Trinajstić information content (AvgIpc) is 2.15. The second-order valence-corrected chi connectivity index (χ2v) is 3.30. The van der Waals surface area contributed by atoms with Crippen molar-refractivity contribution in [3.05, 3.63) is 0 Å². The monoisotopic (exact) mass is 196 g/mol. The Morgan fingerprint density at radius 1 is 1.14 bits per heavy atom. The molecular weight excluding hydrogens is 176 g/mol. The van der Waals surface area contributed by atoms with Crippen molar-refractivity contribution in [2.45, 2.75) is 52.4 Å². The largest absolute Gasteiger partial charge is 0.453 e. The Labute approximate surface area is 87.0 Å². The van der Waals surface area contributed by atoms with Crippen molar-refractivity contribution >= 4 is 5.97 Å². The van der Waals surface area contributed by atoms with Gasteiger partial charge in [-0.25, -0.2) is 0 Å². The number of rotatable bonds is 6. The van der Waals surface area contributed by atoms with Crippen LogP contribution in [0.25, 0.3) is 0 Å². The van der Waals surface area contributed by atoms with E-state index in [2.05, 4.69) is 23.5 Å². The number of unbranched alkanes of at least 4 members (excludes halogenated alkanes) is 5. The third kappa shape index (κ3) is 11.0. The van der Waals surface area contributed by atoms with E-state index in [1.165, 1.54) is 32.6 Å². The topological polar surface area (TPSA) is 26.3 Å². The first-order chi connectivity index (χ1) is 6.77. The summed E-state index contributed by atoms with van der Waals surface area (Å²) in [5.41, 5.74) is 0. The van der Waals surface area contributed by atoms with Crippen molar-refractivity contribution in [2.75, 3.05) is 6.61 Å². The van der Waals surface area contributed by atoms with Gasteiger partial charge < -0.3 is 4.74 Å². The van der Waals surface area contributed by atoms with Gasteiger partial charge in [-0.15, -0.1) is 0 Å². The fraction of sp³-hybridized carbons (Fsp3) is 0.750. The summed E-state index contributed by atoms with van der Waals surface area (Å²) in [6, 6.07) is 0. The molecule has 0 aromatic rings. The van der Waals surface area contributed by atoms with Crippen molar-refractivity contribution in [3.63, 3.8) is 0 Å². The summed E-state index contributed by atoms with van der Waals surface area (Å²) >= 11 is 0. The highest BCUT2D eigenvalue weighted by molar-refractivity contribution is 5.66. The molecular formula is C12H20O2. The number of hydrogen-bond acceptors (Lipinski definition) is 2. The van der Waals surface area contributed by atoms with Gasteiger partial charge >= 0.3 is 5.97 Å². The quantitative estimate of drug-likeness (QED) is 0.371. The predicted molar refractivity (Wildman–Crippen MR) is 57.8 cm³/mol. The summed E-state index contributed by atoms with van der Waals surface area (Å²) in [6.07, 6.45) is 7.25. The van der Waals surface area contributed by atoms with Gasteiger partial charge in [-0.1, -0.05) is 44.4 Å². The lowest BCUT2D eigenvalue weighted by molar-refractivity contribution is -0.139. The van der Waals surface area contributed by atoms with Gasteiger partial charge in [0.15, 0.2) is 6.61 Å². The van der Waals surface area contributed by atoms with E-state index in [-0.39, 0.29) is 12.6 Å². The van der Waals surface area contributed by atoms with Crippen LogP contribution in [0.3, 0.4) is 0 Å². The van der Waals surface area contributed by atoms with E-state index >= 15 is 0 Å². The van der Waals surface area contributed by atoms with E-state index < -0.39 is 0 Å². The zero-order chi connectivity index (χ0) is 10.6. The molecule has 0 rings (SSSR count). The van der Waals surface area contributed by atoms with Gasteiger partial charge in [0, 0.05) is 13.3 Å². The minimum absolute atomic E-state index is 0.240. The molecule has 0 radical (unpaired) electrons. The SMILES string of the molecule is CCCCCCCC#CCOC(C)=O. The third-order valence-electron chi connectivity index (χ3n) is 1.88. The van der Waals surface area contributed by atoms with Crippen molar-refractivity contribution in [1.82, 2.24) is 0 Å². The molecule has 0 amide bonds. The maximum absolute atomic E-state index is 10.4. The first-order valence-electron chi connectivity index (χ1n) is 5.36. The van der Waals surface area contributed by atoms with E-state index in [0.29, 0.717) is 0 Å². The zero-order valence-corrected chi connectivity index (χ0v) is 9.27. The van der Waals surface area contributed by atoms with Crippen LogP contribution in [0.15, 0.2) is 0 Å². The summed E-state index contributed by atoms with van der Waals surface area (Å²) < 4.78 is 4.67. The Bertz CT molecular complexity index is 198. The van der Waals surface area contributed by atoms with Crippen molar-refractivity contribution < 1.29 is 9.53 Å². The number of hydrogen-bond donors (Lipinski definition) is 0. The summed E-state index contributed by atoms with van der Waals surface area (Å²) in [6.45, 7) is 3.84. The first-order valence-corrected chi connectivity index (χ1v) is 5.36. The molecule has 0 unspecified atom stereocenters. The highest BCUT2D eigenvalue weighted by Crippen LogP contribution is 2.03. The molecule has 0 heterocycles. The minimum Gasteiger partial charge on any atom is -0.453 e. The standard InChI is InChI=1S/C12H20O2/c1-3-4-5-6-7-8-9-10-11-14-12(2)13/h3-8,11H2,1-2H3. The Kier molecular flexibility index (Phi) is 9.41. The van der Waals surface area contributed by atoms with E-state index in [4.69, 9.17) is 0 Å². The molecule has 0 aromatic heterocycles. The van der Waals surface area contributed by atoms with Crippen LogP contribution in [-0.2, 0) is 9.53 Å². The highest BCUT2D eigenvalue weighted by Gasteiger charge is 1.87. The van der Waals surface area contributed by atoms with Crippen LogP contribution >= 0.6 is 0 Å². The van der Waals surface area contributed by atoms with Gasteiger partial charge in [0.2, 0.25) is 0 Å². The van der Waals surface area contributed by atoms with Crippen LogP contribution in [0.2, 0.25) is 0 Å². The van der Waals surface area contributed by atoms with Gasteiger partial charge in [0.1, 0.15) is 0 Å². The molecule has 0 aliphatic rings. The predicted octanol–water partition coefficient (Wildman–Crippen LogP) is 2.91. The van der Waals surface area contributed by atoms with E-state index in [1.807, 2.05) is 0 Å². The zero-order valence-electron chi connectivity index (χ0n) is 9.27. The summed E-state index contributed by atoms with van der Waals surface area (Å²) in [5.74, 6) is 5.54. The molecule has 0 aliphatic heterocycles. The van der Waals surface area contributed by atoms with Crippen LogP contribution in [0.1, 0.15) is 52.4 Å². The molecule has 0 spiro atoms. The Hall–Kier alpha value is -0.970. The Morgan fingerprint density at radius 2 is 1.86 bits per heavy atom. The fourth-order valence-electron chi connectivity index (χ4n) is 1.09. The number of carbonyl (C=O) groups is 1. The first kappa shape index (κ1) is 13.0. The van der Waals surface area contributed by atoms with Crippen molar-refractivity contribution in [2.24, 2.45) is 0 Å². The molecule has 0 aromatic carbocycles. The van der Waals surface area contributed by atoms with E-state index in [9.17, 15) is 4.79 Å². The van der Waals surface area contributed by atoms with Crippen molar-refractivity contribution in [3.8, 4) is 11.8 Å². The fourth-order valence-corrected chi connectivity index (χ4v) is 1.09. The van der Waals surface area contributed by atoms with Crippen molar-refractivity contribution in [1.29, 1.82) is 0 Å². The molecule has 0 N–H and O–H groups in total. The van der Waals surface area contributed by atoms with Gasteiger partial charge in [0.05, 0.1) is 0 Å². The summed E-state index contributed by atoms with van der Waals surface area (Å²) in [5, 5.41) is 0. The average molecular weight is 196 g/mol. The minimum atomic E-state index is -0.262. The molecule has 0 fully saturated rings. The second-order valence-electron chi connectivity index (χ2n) is 3.30. The maximum Gasteiger partial charge on any atom is 0.303 e. The van der Waals surface area contributed by atoms with Crippen LogP contribution in [0, 0.1) is 11.8 Å². The maximum atomic E-state index is 10.4. The molecule has 0 atom stereocenters. The summed E-state index contributed by atoms with van der Waals surface area (Å²) in [4.78, 5) is 10.4. The van der Waals surface area contributed by atoms with Crippen LogP contribution in [0.5, 0.6) is 0 Å². The van der Waals surface area contributed by atoms with Gasteiger partial charge in [-0.3, -0.25) is 4.79 Å². The Balaban J connectivity index is 3.13. The van der Waals surface area contributed by atoms with Crippen LogP contribution in [-0.4, -0.2) is 12.6 Å². The smallest absolute Gasteiger partial charge is 0.303 e. The lowest BCUT2D eigenvalue weighted by Crippen LogP contribution is -1.97. The van der Waals surface area contributed by atoms with Gasteiger partial charge in [0.25, 0.3) is 0 Å². The summed E-state index contributed by atoms with van der Waals surface area (Å²) in [7, 11) is 0. The van der Waals surface area contributed by atoms with Crippen LogP contribution < -0.4 is 0 Å². The number of carbonyl (C=O) groups excluding carboxylic acids is 1. The Morgan fingerprint density at radius 3 is 2.50 bits per heavy atom. The number of ether oxygens (including phenoxy) is 1. The van der Waals surface area contributed by atoms with E-state index in [0.717, 1.165) is 12.8 Å². The molecule has 0 saturated carbocycles. The second kappa shape index (κ2) is 10.1. The van der Waals surface area contributed by atoms with Gasteiger partial charge in [-0.05, 0) is 6.42 Å². The molecule has 0 saturated heterocycles. The third-order valence-corrected chi connectivity index (χ3v) is 1.88. The molecule has 14 heavy (non-hydrogen) atoms.